The van der Waals surface area contributed by atoms with E-state index in [0.29, 0.717) is 16.9 Å². The van der Waals surface area contributed by atoms with E-state index in [4.69, 9.17) is 0 Å². The monoisotopic (exact) mass is 444 g/mol. The summed E-state index contributed by atoms with van der Waals surface area (Å²) in [5.41, 5.74) is 1.61. The minimum atomic E-state index is -0.268. The summed E-state index contributed by atoms with van der Waals surface area (Å²) in [5.74, 6) is 0.439. The number of carbonyl (C=O) groups excluding carboxylic acids is 2. The van der Waals surface area contributed by atoms with Crippen LogP contribution in [0.5, 0.6) is 0 Å². The van der Waals surface area contributed by atoms with Crippen molar-refractivity contribution in [2.45, 2.75) is 18.9 Å². The van der Waals surface area contributed by atoms with Crippen molar-refractivity contribution < 1.29 is 9.59 Å². The van der Waals surface area contributed by atoms with Gasteiger partial charge in [-0.3, -0.25) is 14.5 Å². The van der Waals surface area contributed by atoms with Crippen LogP contribution in [0.25, 0.3) is 0 Å². The second-order valence-corrected chi connectivity index (χ2v) is 8.18. The number of rotatable bonds is 8. The highest BCUT2D eigenvalue weighted by molar-refractivity contribution is 6.10. The molecule has 1 unspecified atom stereocenters. The Morgan fingerprint density at radius 2 is 1.82 bits per heavy atom. The third-order valence-electron chi connectivity index (χ3n) is 5.64. The summed E-state index contributed by atoms with van der Waals surface area (Å²) in [4.78, 5) is 29.8. The normalized spacial score (nSPS) is 15.5. The van der Waals surface area contributed by atoms with Gasteiger partial charge >= 0.3 is 0 Å². The first kappa shape index (κ1) is 22.4. The van der Waals surface area contributed by atoms with Gasteiger partial charge < -0.3 is 15.5 Å². The maximum atomic E-state index is 12.8. The van der Waals surface area contributed by atoms with E-state index < -0.39 is 0 Å². The lowest BCUT2D eigenvalue weighted by Gasteiger charge is -2.29. The molecular formula is C25H28N6O2. The first-order valence-corrected chi connectivity index (χ1v) is 11.1. The highest BCUT2D eigenvalue weighted by Gasteiger charge is 2.27. The van der Waals surface area contributed by atoms with Gasteiger partial charge in [0.05, 0.1) is 17.8 Å². The molecule has 0 bridgehead atoms. The van der Waals surface area contributed by atoms with Gasteiger partial charge in [0.15, 0.2) is 5.82 Å². The molecule has 4 rings (SSSR count). The minimum Gasteiger partial charge on any atom is -0.351 e. The number of hydrogen-bond acceptors (Lipinski definition) is 6. The van der Waals surface area contributed by atoms with Crippen LogP contribution < -0.4 is 15.5 Å². The lowest BCUT2D eigenvalue weighted by atomic mass is 10.1. The van der Waals surface area contributed by atoms with Crippen LogP contribution in [-0.2, 0) is 4.79 Å². The Kier molecular flexibility index (Phi) is 7.26. The third kappa shape index (κ3) is 5.93. The summed E-state index contributed by atoms with van der Waals surface area (Å²) in [6, 6.07) is 20.4. The lowest BCUT2D eigenvalue weighted by Crippen LogP contribution is -2.42. The molecule has 3 aromatic rings. The van der Waals surface area contributed by atoms with Gasteiger partial charge in [-0.05, 0) is 56.3 Å². The van der Waals surface area contributed by atoms with Crippen molar-refractivity contribution in [3.05, 3.63) is 78.5 Å². The zero-order valence-electron chi connectivity index (χ0n) is 18.6. The molecular weight excluding hydrogens is 416 g/mol. The predicted molar refractivity (Wildman–Crippen MR) is 129 cm³/mol. The van der Waals surface area contributed by atoms with E-state index >= 15 is 0 Å². The SMILES string of the molecule is CN(CC(=O)Nc1ccccc1C(=O)Nc1ccccc1)CC1CCCN1c1cccnn1. The molecule has 170 valence electrons. The average Bonchev–Trinajstić information content (AvgIpc) is 3.28. The van der Waals surface area contributed by atoms with Crippen LogP contribution in [0, 0.1) is 0 Å². The van der Waals surface area contributed by atoms with Gasteiger partial charge in [0.2, 0.25) is 5.91 Å². The first-order chi connectivity index (χ1) is 16.1. The molecule has 1 aromatic heterocycles. The molecule has 2 heterocycles. The van der Waals surface area contributed by atoms with Crippen LogP contribution in [0.1, 0.15) is 23.2 Å². The standard InChI is InChI=1S/C25H28N6O2/c1-30(17-20-11-8-16-31(20)23-14-7-15-26-29-23)18-24(32)28-22-13-6-5-12-21(22)25(33)27-19-9-3-2-4-10-19/h2-7,9-10,12-15,20H,8,11,16-18H2,1H3,(H,27,33)(H,28,32). The van der Waals surface area contributed by atoms with Gasteiger partial charge in [0.1, 0.15) is 0 Å². The van der Waals surface area contributed by atoms with Gasteiger partial charge in [0, 0.05) is 31.0 Å². The quantitative estimate of drug-likeness (QED) is 0.554. The van der Waals surface area contributed by atoms with Gasteiger partial charge in [0.25, 0.3) is 5.91 Å². The van der Waals surface area contributed by atoms with Crippen molar-refractivity contribution in [2.75, 3.05) is 42.2 Å². The molecule has 2 aromatic carbocycles. The number of nitrogens with zero attached hydrogens (tertiary/aromatic N) is 4. The highest BCUT2D eigenvalue weighted by Crippen LogP contribution is 2.23. The van der Waals surface area contributed by atoms with Crippen molar-refractivity contribution in [1.29, 1.82) is 0 Å². The van der Waals surface area contributed by atoms with Crippen molar-refractivity contribution in [3.63, 3.8) is 0 Å². The molecule has 33 heavy (non-hydrogen) atoms. The number of hydrogen-bond donors (Lipinski definition) is 2. The van der Waals surface area contributed by atoms with Crippen molar-refractivity contribution >= 4 is 29.0 Å². The van der Waals surface area contributed by atoms with Crippen LogP contribution in [0.3, 0.4) is 0 Å². The molecule has 2 amide bonds. The third-order valence-corrected chi connectivity index (χ3v) is 5.64. The molecule has 1 saturated heterocycles. The summed E-state index contributed by atoms with van der Waals surface area (Å²) >= 11 is 0. The minimum absolute atomic E-state index is 0.165. The molecule has 0 radical (unpaired) electrons. The van der Waals surface area contributed by atoms with Gasteiger partial charge in [-0.1, -0.05) is 30.3 Å². The number of likely N-dealkylation sites (N-methyl/N-ethyl adjacent to an activating group) is 1. The molecule has 1 aliphatic rings. The molecule has 8 nitrogen and oxygen atoms in total. The molecule has 0 saturated carbocycles. The summed E-state index contributed by atoms with van der Waals surface area (Å²) in [6.45, 7) is 1.90. The topological polar surface area (TPSA) is 90.5 Å². The Bertz CT molecular complexity index is 1080. The van der Waals surface area contributed by atoms with Gasteiger partial charge in [-0.2, -0.15) is 5.10 Å². The lowest BCUT2D eigenvalue weighted by molar-refractivity contribution is -0.117. The van der Waals surface area contributed by atoms with E-state index in [0.717, 1.165) is 31.7 Å². The van der Waals surface area contributed by atoms with Crippen LogP contribution in [0.2, 0.25) is 0 Å². The summed E-state index contributed by atoms with van der Waals surface area (Å²) in [5, 5.41) is 14.0. The van der Waals surface area contributed by atoms with Crippen LogP contribution in [0.4, 0.5) is 17.2 Å². The smallest absolute Gasteiger partial charge is 0.257 e. The number of aromatic nitrogens is 2. The van der Waals surface area contributed by atoms with E-state index in [1.165, 1.54) is 0 Å². The van der Waals surface area contributed by atoms with E-state index in [1.807, 2.05) is 54.4 Å². The Labute approximate surface area is 193 Å². The predicted octanol–water partition coefficient (Wildman–Crippen LogP) is 3.27. The second kappa shape index (κ2) is 10.7. The fraction of sp³-hybridized carbons (Fsp3) is 0.280. The first-order valence-electron chi connectivity index (χ1n) is 11.1. The van der Waals surface area contributed by atoms with E-state index in [1.54, 1.807) is 30.5 Å². The van der Waals surface area contributed by atoms with Crippen LogP contribution in [-0.4, -0.2) is 59.6 Å². The number of carbonyl (C=O) groups is 2. The second-order valence-electron chi connectivity index (χ2n) is 8.18. The van der Waals surface area contributed by atoms with Crippen molar-refractivity contribution in [3.8, 4) is 0 Å². The Hall–Kier alpha value is -3.78. The summed E-state index contributed by atoms with van der Waals surface area (Å²) in [7, 11) is 1.93. The van der Waals surface area contributed by atoms with E-state index in [-0.39, 0.29) is 24.4 Å². The molecule has 2 N–H and O–H groups in total. The van der Waals surface area contributed by atoms with Crippen LogP contribution >= 0.6 is 0 Å². The Morgan fingerprint density at radius 3 is 2.61 bits per heavy atom. The number of benzene rings is 2. The number of nitrogens with one attached hydrogen (secondary N) is 2. The molecule has 0 aliphatic carbocycles. The highest BCUT2D eigenvalue weighted by atomic mass is 16.2. The fourth-order valence-corrected chi connectivity index (χ4v) is 4.14. The molecule has 1 aliphatic heterocycles. The maximum absolute atomic E-state index is 12.8. The maximum Gasteiger partial charge on any atom is 0.257 e. The fourth-order valence-electron chi connectivity index (χ4n) is 4.14. The zero-order chi connectivity index (χ0) is 23.0. The molecule has 1 fully saturated rings. The molecule has 0 spiro atoms. The van der Waals surface area contributed by atoms with Crippen molar-refractivity contribution in [1.82, 2.24) is 15.1 Å². The molecule has 1 atom stereocenters. The van der Waals surface area contributed by atoms with E-state index in [9.17, 15) is 9.59 Å². The van der Waals surface area contributed by atoms with Gasteiger partial charge in [-0.15, -0.1) is 5.10 Å². The Morgan fingerprint density at radius 1 is 1.03 bits per heavy atom. The largest absolute Gasteiger partial charge is 0.351 e. The van der Waals surface area contributed by atoms with Crippen molar-refractivity contribution in [2.24, 2.45) is 0 Å². The summed E-state index contributed by atoms with van der Waals surface area (Å²) < 4.78 is 0. The number of amides is 2. The van der Waals surface area contributed by atoms with Crippen LogP contribution in [0.15, 0.2) is 72.9 Å². The number of anilines is 3. The Balaban J connectivity index is 1.34. The zero-order valence-corrected chi connectivity index (χ0v) is 18.6. The molecule has 8 heteroatoms. The number of para-hydroxylation sites is 2. The summed E-state index contributed by atoms with van der Waals surface area (Å²) in [6.07, 6.45) is 3.80. The van der Waals surface area contributed by atoms with Gasteiger partial charge in [-0.25, -0.2) is 0 Å². The van der Waals surface area contributed by atoms with E-state index in [2.05, 4.69) is 25.7 Å². The average molecular weight is 445 g/mol.